The first kappa shape index (κ1) is 14.1. The summed E-state index contributed by atoms with van der Waals surface area (Å²) in [6.45, 7) is 1.91. The number of fused-ring (bicyclic) bond motifs is 1. The number of hydrogen-bond acceptors (Lipinski definition) is 3. The van der Waals surface area contributed by atoms with Crippen molar-refractivity contribution in [1.82, 2.24) is 5.32 Å². The van der Waals surface area contributed by atoms with Gasteiger partial charge in [-0.1, -0.05) is 48.5 Å². The number of aryl methyl sites for hydroxylation is 1. The van der Waals surface area contributed by atoms with Gasteiger partial charge in [-0.3, -0.25) is 0 Å². The van der Waals surface area contributed by atoms with Crippen LogP contribution in [0.5, 0.6) is 0 Å². The van der Waals surface area contributed by atoms with Gasteiger partial charge in [0, 0.05) is 18.8 Å². The lowest BCUT2D eigenvalue weighted by atomic mass is 9.99. The molecule has 0 radical (unpaired) electrons. The van der Waals surface area contributed by atoms with E-state index in [1.54, 1.807) is 0 Å². The van der Waals surface area contributed by atoms with Crippen LogP contribution in [0.15, 0.2) is 48.5 Å². The third-order valence-corrected chi connectivity index (χ3v) is 4.09. The molecule has 110 valence electrons. The summed E-state index contributed by atoms with van der Waals surface area (Å²) in [6.07, 6.45) is 2.35. The highest BCUT2D eigenvalue weighted by Gasteiger charge is 2.14. The van der Waals surface area contributed by atoms with Crippen molar-refractivity contribution >= 4 is 5.69 Å². The molecule has 0 saturated carbocycles. The van der Waals surface area contributed by atoms with Crippen molar-refractivity contribution < 1.29 is 5.11 Å². The molecule has 0 amide bonds. The van der Waals surface area contributed by atoms with Gasteiger partial charge in [0.2, 0.25) is 0 Å². The molecule has 1 aliphatic heterocycles. The summed E-state index contributed by atoms with van der Waals surface area (Å²) in [4.78, 5) is 0. The van der Waals surface area contributed by atoms with Gasteiger partial charge >= 0.3 is 0 Å². The largest absolute Gasteiger partial charge is 0.394 e. The van der Waals surface area contributed by atoms with Gasteiger partial charge in [-0.25, -0.2) is 0 Å². The highest BCUT2D eigenvalue weighted by Crippen LogP contribution is 2.26. The first-order chi connectivity index (χ1) is 10.4. The highest BCUT2D eigenvalue weighted by atomic mass is 16.3. The summed E-state index contributed by atoms with van der Waals surface area (Å²) >= 11 is 0. The number of aliphatic hydroxyl groups is 1. The first-order valence-corrected chi connectivity index (χ1v) is 7.62. The second-order valence-corrected chi connectivity index (χ2v) is 5.51. The molecule has 2 aromatic carbocycles. The van der Waals surface area contributed by atoms with Crippen molar-refractivity contribution in [3.63, 3.8) is 0 Å². The Kier molecular flexibility index (Phi) is 4.53. The number of anilines is 1. The molecule has 3 heteroatoms. The van der Waals surface area contributed by atoms with E-state index in [9.17, 15) is 5.11 Å². The van der Waals surface area contributed by atoms with E-state index in [4.69, 9.17) is 0 Å². The van der Waals surface area contributed by atoms with Crippen LogP contribution in [0.1, 0.15) is 29.2 Å². The van der Waals surface area contributed by atoms with Gasteiger partial charge in [-0.15, -0.1) is 0 Å². The van der Waals surface area contributed by atoms with E-state index in [0.717, 1.165) is 25.1 Å². The number of hydrogen-bond donors (Lipinski definition) is 3. The fourth-order valence-corrected chi connectivity index (χ4v) is 2.93. The number of aliphatic hydroxyl groups excluding tert-OH is 1. The van der Waals surface area contributed by atoms with Crippen molar-refractivity contribution in [3.8, 4) is 0 Å². The minimum Gasteiger partial charge on any atom is -0.394 e. The SMILES string of the molecule is OC[C@H](NCc1cccc2c1NCCC2)c1ccccc1. The van der Waals surface area contributed by atoms with Crippen LogP contribution in [-0.2, 0) is 13.0 Å². The Morgan fingerprint density at radius 3 is 2.76 bits per heavy atom. The van der Waals surface area contributed by atoms with E-state index in [0.29, 0.717) is 0 Å². The first-order valence-electron chi connectivity index (χ1n) is 7.62. The van der Waals surface area contributed by atoms with Crippen LogP contribution in [0.3, 0.4) is 0 Å². The summed E-state index contributed by atoms with van der Waals surface area (Å²) in [5.74, 6) is 0. The minimum atomic E-state index is -0.0225. The fraction of sp³-hybridized carbons (Fsp3) is 0.333. The smallest absolute Gasteiger partial charge is 0.0626 e. The molecule has 0 fully saturated rings. The Morgan fingerprint density at radius 2 is 1.95 bits per heavy atom. The van der Waals surface area contributed by atoms with Gasteiger partial charge < -0.3 is 15.7 Å². The van der Waals surface area contributed by atoms with Crippen LogP contribution < -0.4 is 10.6 Å². The van der Waals surface area contributed by atoms with Crippen LogP contribution >= 0.6 is 0 Å². The number of rotatable bonds is 5. The lowest BCUT2D eigenvalue weighted by Gasteiger charge is -2.23. The van der Waals surface area contributed by atoms with Crippen molar-refractivity contribution in [2.75, 3.05) is 18.5 Å². The standard InChI is InChI=1S/C18H22N2O/c21-13-17(14-6-2-1-3-7-14)20-12-16-9-4-8-15-10-5-11-19-18(15)16/h1-4,6-9,17,19-21H,5,10-13H2/t17-/m0/s1. The van der Waals surface area contributed by atoms with Gasteiger partial charge in [-0.2, -0.15) is 0 Å². The van der Waals surface area contributed by atoms with E-state index >= 15 is 0 Å². The van der Waals surface area contributed by atoms with Crippen molar-refractivity contribution in [2.45, 2.75) is 25.4 Å². The van der Waals surface area contributed by atoms with E-state index in [1.807, 2.05) is 30.3 Å². The van der Waals surface area contributed by atoms with Crippen molar-refractivity contribution in [2.24, 2.45) is 0 Å². The summed E-state index contributed by atoms with van der Waals surface area (Å²) in [7, 11) is 0. The van der Waals surface area contributed by atoms with Crippen LogP contribution in [0, 0.1) is 0 Å². The van der Waals surface area contributed by atoms with Gasteiger partial charge in [0.25, 0.3) is 0 Å². The second-order valence-electron chi connectivity index (χ2n) is 5.51. The molecule has 1 heterocycles. The van der Waals surface area contributed by atoms with Crippen LogP contribution in [0.25, 0.3) is 0 Å². The third-order valence-electron chi connectivity index (χ3n) is 4.09. The molecular weight excluding hydrogens is 260 g/mol. The highest BCUT2D eigenvalue weighted by molar-refractivity contribution is 5.59. The fourth-order valence-electron chi connectivity index (χ4n) is 2.93. The molecule has 3 nitrogen and oxygen atoms in total. The molecular formula is C18H22N2O. The predicted molar refractivity (Wildman–Crippen MR) is 86.4 cm³/mol. The number of para-hydroxylation sites is 1. The van der Waals surface area contributed by atoms with Crippen molar-refractivity contribution in [3.05, 3.63) is 65.2 Å². The summed E-state index contributed by atoms with van der Waals surface area (Å²) in [5, 5.41) is 16.6. The summed E-state index contributed by atoms with van der Waals surface area (Å²) in [6, 6.07) is 16.6. The maximum absolute atomic E-state index is 9.62. The van der Waals surface area contributed by atoms with Crippen molar-refractivity contribution in [1.29, 1.82) is 0 Å². The molecule has 3 N–H and O–H groups in total. The molecule has 0 spiro atoms. The maximum atomic E-state index is 9.62. The Balaban J connectivity index is 1.72. The Labute approximate surface area is 126 Å². The van der Waals surface area contributed by atoms with Gasteiger partial charge in [-0.05, 0) is 29.5 Å². The molecule has 0 aromatic heterocycles. The molecule has 0 saturated heterocycles. The average molecular weight is 282 g/mol. The zero-order valence-electron chi connectivity index (χ0n) is 12.2. The molecule has 21 heavy (non-hydrogen) atoms. The Hall–Kier alpha value is -1.84. The number of nitrogens with one attached hydrogen (secondary N) is 2. The van der Waals surface area contributed by atoms with Crippen LogP contribution in [0.2, 0.25) is 0 Å². The average Bonchev–Trinajstić information content (AvgIpc) is 2.56. The topological polar surface area (TPSA) is 44.3 Å². The zero-order chi connectivity index (χ0) is 14.5. The van der Waals surface area contributed by atoms with Crippen LogP contribution in [0.4, 0.5) is 5.69 Å². The number of benzene rings is 2. The van der Waals surface area contributed by atoms with E-state index < -0.39 is 0 Å². The quantitative estimate of drug-likeness (QED) is 0.790. The lowest BCUT2D eigenvalue weighted by Crippen LogP contribution is -2.25. The molecule has 0 bridgehead atoms. The van der Waals surface area contributed by atoms with E-state index in [1.165, 1.54) is 23.2 Å². The molecule has 1 atom stereocenters. The van der Waals surface area contributed by atoms with Crippen LogP contribution in [-0.4, -0.2) is 18.3 Å². The molecule has 1 aliphatic rings. The Bertz CT molecular complexity index is 583. The molecule has 0 unspecified atom stereocenters. The molecule has 0 aliphatic carbocycles. The maximum Gasteiger partial charge on any atom is 0.0626 e. The minimum absolute atomic E-state index is 0.0225. The zero-order valence-corrected chi connectivity index (χ0v) is 12.2. The molecule has 3 rings (SSSR count). The van der Waals surface area contributed by atoms with E-state index in [-0.39, 0.29) is 12.6 Å². The lowest BCUT2D eigenvalue weighted by molar-refractivity contribution is 0.243. The normalized spacial score (nSPS) is 15.1. The monoisotopic (exact) mass is 282 g/mol. The van der Waals surface area contributed by atoms with Gasteiger partial charge in [0.05, 0.1) is 12.6 Å². The van der Waals surface area contributed by atoms with E-state index in [2.05, 4.69) is 28.8 Å². The van der Waals surface area contributed by atoms with Gasteiger partial charge in [0.15, 0.2) is 0 Å². The summed E-state index contributed by atoms with van der Waals surface area (Å²) < 4.78 is 0. The third kappa shape index (κ3) is 3.26. The molecule has 2 aromatic rings. The summed E-state index contributed by atoms with van der Waals surface area (Å²) in [5.41, 5.74) is 5.08. The Morgan fingerprint density at radius 1 is 1.10 bits per heavy atom. The predicted octanol–water partition coefficient (Wildman–Crippen LogP) is 2.87. The second kappa shape index (κ2) is 6.74. The van der Waals surface area contributed by atoms with Gasteiger partial charge in [0.1, 0.15) is 0 Å².